The highest BCUT2D eigenvalue weighted by atomic mass is 32.1. The van der Waals surface area contributed by atoms with E-state index in [0.29, 0.717) is 13.0 Å². The molecule has 0 radical (unpaired) electrons. The van der Waals surface area contributed by atoms with Crippen LogP contribution in [-0.4, -0.2) is 24.3 Å². The molecule has 146 valence electrons. The molecule has 2 aromatic heterocycles. The average molecular weight is 414 g/mol. The number of hydrogen-bond acceptors (Lipinski definition) is 4. The van der Waals surface area contributed by atoms with E-state index < -0.39 is 6.04 Å². The zero-order valence-corrected chi connectivity index (χ0v) is 17.5. The number of ketones is 1. The van der Waals surface area contributed by atoms with E-state index in [1.54, 1.807) is 22.7 Å². The van der Waals surface area contributed by atoms with Crippen LogP contribution >= 0.6 is 22.7 Å². The molecule has 1 aromatic carbocycles. The monoisotopic (exact) mass is 413 g/mol. The number of quaternary nitrogens is 1. The molecule has 0 saturated carbocycles. The maximum absolute atomic E-state index is 12.7. The van der Waals surface area contributed by atoms with Crippen LogP contribution < -0.4 is 10.2 Å². The number of hydrogen-bond donors (Lipinski definition) is 2. The molecule has 2 N–H and O–H groups in total. The Kier molecular flexibility index (Phi) is 7.54. The Morgan fingerprint density at radius 1 is 0.929 bits per heavy atom. The van der Waals surface area contributed by atoms with Crippen LogP contribution in [0.15, 0.2) is 65.4 Å². The van der Waals surface area contributed by atoms with Gasteiger partial charge in [0.1, 0.15) is 13.1 Å². The number of carbonyl (C=O) groups is 2. The first-order valence-corrected chi connectivity index (χ1v) is 11.1. The van der Waals surface area contributed by atoms with Gasteiger partial charge < -0.3 is 10.2 Å². The van der Waals surface area contributed by atoms with Crippen molar-refractivity contribution in [3.63, 3.8) is 0 Å². The lowest BCUT2D eigenvalue weighted by Gasteiger charge is -2.20. The molecule has 1 amide bonds. The maximum Gasteiger partial charge on any atom is 0.275 e. The van der Waals surface area contributed by atoms with Gasteiger partial charge in [0.05, 0.1) is 15.8 Å². The molecule has 3 aromatic rings. The Labute approximate surface area is 173 Å². The number of Topliss-reactive ketones (excluding diaryl/α,β-unsaturated/α-hetero) is 1. The van der Waals surface area contributed by atoms with Crippen LogP contribution in [0.25, 0.3) is 0 Å². The predicted molar refractivity (Wildman–Crippen MR) is 115 cm³/mol. The highest BCUT2D eigenvalue weighted by Gasteiger charge is 2.22. The summed E-state index contributed by atoms with van der Waals surface area (Å²) in [6, 6.07) is 17.6. The first-order valence-electron chi connectivity index (χ1n) is 9.32. The van der Waals surface area contributed by atoms with Gasteiger partial charge in [0, 0.05) is 0 Å². The van der Waals surface area contributed by atoms with E-state index in [0.717, 1.165) is 18.7 Å². The molecule has 4 nitrogen and oxygen atoms in total. The SMILES string of the molecule is CC(=O)[C@@H](Cc1ccccc1)NC(=O)C[NH+](Cc1cccs1)Cc1cccs1. The number of nitrogens with one attached hydrogen (secondary N) is 2. The third-order valence-electron chi connectivity index (χ3n) is 4.53. The summed E-state index contributed by atoms with van der Waals surface area (Å²) in [7, 11) is 0. The topological polar surface area (TPSA) is 50.6 Å². The summed E-state index contributed by atoms with van der Waals surface area (Å²) < 4.78 is 0. The molecule has 0 fully saturated rings. The van der Waals surface area contributed by atoms with Gasteiger partial charge in [0.25, 0.3) is 5.91 Å². The van der Waals surface area contributed by atoms with Crippen LogP contribution in [0.5, 0.6) is 0 Å². The normalized spacial score (nSPS) is 12.1. The Bertz CT molecular complexity index is 825. The summed E-state index contributed by atoms with van der Waals surface area (Å²) in [4.78, 5) is 28.5. The molecule has 1 atom stereocenters. The summed E-state index contributed by atoms with van der Waals surface area (Å²) in [6.07, 6.45) is 0.521. The average Bonchev–Trinajstić information content (AvgIpc) is 3.36. The smallest absolute Gasteiger partial charge is 0.275 e. The number of benzene rings is 1. The summed E-state index contributed by atoms with van der Waals surface area (Å²) in [5, 5.41) is 7.07. The summed E-state index contributed by atoms with van der Waals surface area (Å²) in [5.74, 6) is -0.102. The van der Waals surface area contributed by atoms with Crippen molar-refractivity contribution < 1.29 is 14.5 Å². The van der Waals surface area contributed by atoms with Crippen LogP contribution in [0.1, 0.15) is 22.2 Å². The fourth-order valence-corrected chi connectivity index (χ4v) is 4.68. The molecule has 2 heterocycles. The van der Waals surface area contributed by atoms with Gasteiger partial charge in [-0.25, -0.2) is 0 Å². The van der Waals surface area contributed by atoms with E-state index in [9.17, 15) is 9.59 Å². The molecular formula is C22H25N2O2S2+. The quantitative estimate of drug-likeness (QED) is 0.537. The molecule has 0 saturated heterocycles. The molecule has 0 aliphatic heterocycles. The van der Waals surface area contributed by atoms with Gasteiger partial charge in [-0.05, 0) is 41.8 Å². The molecule has 0 aliphatic carbocycles. The zero-order chi connectivity index (χ0) is 19.8. The van der Waals surface area contributed by atoms with Gasteiger partial charge in [-0.2, -0.15) is 0 Å². The fourth-order valence-electron chi connectivity index (χ4n) is 3.13. The highest BCUT2D eigenvalue weighted by molar-refractivity contribution is 7.10. The van der Waals surface area contributed by atoms with Crippen molar-refractivity contribution in [2.24, 2.45) is 0 Å². The Balaban J connectivity index is 1.63. The lowest BCUT2D eigenvalue weighted by molar-refractivity contribution is -0.919. The van der Waals surface area contributed by atoms with Crippen LogP contribution in [0.3, 0.4) is 0 Å². The van der Waals surface area contributed by atoms with E-state index in [1.807, 2.05) is 42.5 Å². The first kappa shape index (κ1) is 20.5. The molecular weight excluding hydrogens is 388 g/mol. The van der Waals surface area contributed by atoms with Gasteiger partial charge in [-0.15, -0.1) is 22.7 Å². The van der Waals surface area contributed by atoms with Crippen LogP contribution in [-0.2, 0) is 29.1 Å². The number of rotatable bonds is 10. The molecule has 0 bridgehead atoms. The minimum Gasteiger partial charge on any atom is -0.341 e. The standard InChI is InChI=1S/C22H24N2O2S2/c1-17(25)21(13-18-7-3-2-4-8-18)23-22(26)16-24(14-19-9-5-11-27-19)15-20-10-6-12-28-20/h2-12,21H,13-16H2,1H3,(H,23,26)/p+1/t21-/m1/s1. The molecule has 28 heavy (non-hydrogen) atoms. The van der Waals surface area contributed by atoms with Gasteiger partial charge in [0.15, 0.2) is 12.3 Å². The second-order valence-corrected chi connectivity index (χ2v) is 8.92. The molecule has 3 rings (SSSR count). The largest absolute Gasteiger partial charge is 0.341 e. The Hall–Kier alpha value is -2.28. The summed E-state index contributed by atoms with van der Waals surface area (Å²) >= 11 is 3.42. The lowest BCUT2D eigenvalue weighted by Crippen LogP contribution is -3.10. The van der Waals surface area contributed by atoms with Crippen molar-refractivity contribution in [1.82, 2.24) is 5.32 Å². The summed E-state index contributed by atoms with van der Waals surface area (Å²) in [5.41, 5.74) is 1.05. The molecule has 0 spiro atoms. The van der Waals surface area contributed by atoms with Crippen LogP contribution in [0.2, 0.25) is 0 Å². The van der Waals surface area contributed by atoms with E-state index in [1.165, 1.54) is 21.6 Å². The van der Waals surface area contributed by atoms with E-state index in [4.69, 9.17) is 0 Å². The van der Waals surface area contributed by atoms with E-state index in [-0.39, 0.29) is 11.7 Å². The third-order valence-corrected chi connectivity index (χ3v) is 6.28. The van der Waals surface area contributed by atoms with Crippen LogP contribution in [0, 0.1) is 0 Å². The second-order valence-electron chi connectivity index (χ2n) is 6.86. The number of thiophene rings is 2. The van der Waals surface area contributed by atoms with Gasteiger partial charge in [-0.1, -0.05) is 42.5 Å². The van der Waals surface area contributed by atoms with Crippen LogP contribution in [0.4, 0.5) is 0 Å². The summed E-state index contributed by atoms with van der Waals surface area (Å²) in [6.45, 7) is 3.48. The Morgan fingerprint density at radius 2 is 1.54 bits per heavy atom. The number of amides is 1. The van der Waals surface area contributed by atoms with Crippen molar-refractivity contribution in [1.29, 1.82) is 0 Å². The van der Waals surface area contributed by atoms with Gasteiger partial charge in [0.2, 0.25) is 0 Å². The first-order chi connectivity index (χ1) is 13.6. The Morgan fingerprint density at radius 3 is 2.04 bits per heavy atom. The molecule has 0 unspecified atom stereocenters. The predicted octanol–water partition coefficient (Wildman–Crippen LogP) is 2.71. The fraction of sp³-hybridized carbons (Fsp3) is 0.273. The minimum atomic E-state index is -0.486. The van der Waals surface area contributed by atoms with E-state index >= 15 is 0 Å². The van der Waals surface area contributed by atoms with Gasteiger partial charge >= 0.3 is 0 Å². The zero-order valence-electron chi connectivity index (χ0n) is 15.9. The van der Waals surface area contributed by atoms with Crippen molar-refractivity contribution in [2.45, 2.75) is 32.5 Å². The molecule has 6 heteroatoms. The number of carbonyl (C=O) groups excluding carboxylic acids is 2. The van der Waals surface area contributed by atoms with Crippen molar-refractivity contribution in [3.8, 4) is 0 Å². The van der Waals surface area contributed by atoms with Gasteiger partial charge in [-0.3, -0.25) is 9.59 Å². The van der Waals surface area contributed by atoms with Crippen molar-refractivity contribution >= 4 is 34.4 Å². The molecule has 0 aliphatic rings. The minimum absolute atomic E-state index is 0.0183. The van der Waals surface area contributed by atoms with Crippen molar-refractivity contribution in [3.05, 3.63) is 80.7 Å². The van der Waals surface area contributed by atoms with Crippen molar-refractivity contribution in [2.75, 3.05) is 6.54 Å². The lowest BCUT2D eigenvalue weighted by atomic mass is 10.0. The maximum atomic E-state index is 12.7. The van der Waals surface area contributed by atoms with E-state index in [2.05, 4.69) is 28.2 Å². The highest BCUT2D eigenvalue weighted by Crippen LogP contribution is 2.09. The second kappa shape index (κ2) is 10.3. The third kappa shape index (κ3) is 6.41.